The van der Waals surface area contributed by atoms with Crippen molar-refractivity contribution in [3.05, 3.63) is 30.1 Å². The fraction of sp³-hybridized carbons (Fsp3) is 0.250. The highest BCUT2D eigenvalue weighted by atomic mass is 16.5. The first kappa shape index (κ1) is 12.4. The molecule has 3 aromatic heterocycles. The Hall–Kier alpha value is -2.61. The van der Waals surface area contributed by atoms with Gasteiger partial charge in [-0.25, -0.2) is 0 Å². The summed E-state index contributed by atoms with van der Waals surface area (Å²) in [6.45, 7) is 3.06. The van der Waals surface area contributed by atoms with Gasteiger partial charge in [0.2, 0.25) is 5.82 Å². The van der Waals surface area contributed by atoms with E-state index in [9.17, 15) is 0 Å². The normalized spacial score (nSPS) is 10.9. The Bertz CT molecular complexity index is 718. The third-order valence-electron chi connectivity index (χ3n) is 2.69. The highest BCUT2D eigenvalue weighted by molar-refractivity contribution is 5.53. The third-order valence-corrected chi connectivity index (χ3v) is 2.69. The molecular weight excluding hydrogens is 258 g/mol. The molecule has 3 rings (SSSR count). The molecule has 0 saturated heterocycles. The van der Waals surface area contributed by atoms with Crippen LogP contribution in [0.15, 0.2) is 29.0 Å². The molecule has 0 spiro atoms. The van der Waals surface area contributed by atoms with Gasteiger partial charge in [0.15, 0.2) is 5.69 Å². The van der Waals surface area contributed by atoms with Crippen molar-refractivity contribution in [1.82, 2.24) is 30.1 Å². The standard InChI is InChI=1S/C12H13N7O/c1-8-2-4-14-9(6-8)11-15-12(20-17-11)10-7-19(5-3-13)18-16-10/h2,4,6-7H,3,5,13H2,1H3. The summed E-state index contributed by atoms with van der Waals surface area (Å²) in [5.41, 5.74) is 7.71. The number of aryl methyl sites for hydroxylation is 1. The molecule has 8 heteroatoms. The smallest absolute Gasteiger partial charge is 0.280 e. The maximum absolute atomic E-state index is 5.45. The first-order valence-electron chi connectivity index (χ1n) is 6.13. The van der Waals surface area contributed by atoms with E-state index in [1.165, 1.54) is 0 Å². The summed E-state index contributed by atoms with van der Waals surface area (Å²) < 4.78 is 6.82. The molecule has 102 valence electrons. The molecule has 0 amide bonds. The quantitative estimate of drug-likeness (QED) is 0.742. The molecule has 0 fully saturated rings. The average molecular weight is 271 g/mol. The summed E-state index contributed by atoms with van der Waals surface area (Å²) >= 11 is 0. The Morgan fingerprint density at radius 3 is 3.05 bits per heavy atom. The van der Waals surface area contributed by atoms with Crippen LogP contribution in [0, 0.1) is 6.92 Å². The molecule has 0 aromatic carbocycles. The lowest BCUT2D eigenvalue weighted by atomic mass is 10.2. The van der Waals surface area contributed by atoms with Crippen LogP contribution in [0.25, 0.3) is 23.1 Å². The maximum atomic E-state index is 5.45. The van der Waals surface area contributed by atoms with Crippen molar-refractivity contribution in [1.29, 1.82) is 0 Å². The lowest BCUT2D eigenvalue weighted by Crippen LogP contribution is -2.10. The van der Waals surface area contributed by atoms with Crippen molar-refractivity contribution in [3.8, 4) is 23.1 Å². The van der Waals surface area contributed by atoms with Gasteiger partial charge in [-0.3, -0.25) is 9.67 Å². The van der Waals surface area contributed by atoms with Gasteiger partial charge in [-0.2, -0.15) is 4.98 Å². The van der Waals surface area contributed by atoms with Gasteiger partial charge in [0, 0.05) is 12.7 Å². The molecule has 8 nitrogen and oxygen atoms in total. The monoisotopic (exact) mass is 271 g/mol. The molecule has 0 bridgehead atoms. The van der Waals surface area contributed by atoms with Gasteiger partial charge in [0.05, 0.1) is 12.7 Å². The summed E-state index contributed by atoms with van der Waals surface area (Å²) in [4.78, 5) is 8.49. The van der Waals surface area contributed by atoms with Gasteiger partial charge in [0.1, 0.15) is 5.69 Å². The van der Waals surface area contributed by atoms with E-state index in [-0.39, 0.29) is 0 Å². The number of nitrogens with two attached hydrogens (primary N) is 1. The van der Waals surface area contributed by atoms with Crippen LogP contribution in [0.4, 0.5) is 0 Å². The second kappa shape index (κ2) is 5.17. The number of hydrogen-bond acceptors (Lipinski definition) is 7. The Kier molecular flexibility index (Phi) is 3.21. The van der Waals surface area contributed by atoms with Crippen molar-refractivity contribution in [3.63, 3.8) is 0 Å². The number of nitrogens with zero attached hydrogens (tertiary/aromatic N) is 6. The largest absolute Gasteiger partial charge is 0.332 e. The molecule has 0 aliphatic carbocycles. The van der Waals surface area contributed by atoms with E-state index in [1.807, 2.05) is 19.1 Å². The maximum Gasteiger partial charge on any atom is 0.280 e. The van der Waals surface area contributed by atoms with Crippen LogP contribution >= 0.6 is 0 Å². The topological polar surface area (TPSA) is 109 Å². The second-order valence-corrected chi connectivity index (χ2v) is 4.30. The van der Waals surface area contributed by atoms with E-state index >= 15 is 0 Å². The highest BCUT2D eigenvalue weighted by Crippen LogP contribution is 2.19. The summed E-state index contributed by atoms with van der Waals surface area (Å²) in [6.07, 6.45) is 3.42. The predicted octanol–water partition coefficient (Wildman–Crippen LogP) is 0.657. The minimum absolute atomic E-state index is 0.312. The van der Waals surface area contributed by atoms with Crippen LogP contribution < -0.4 is 5.73 Å². The molecule has 0 radical (unpaired) electrons. The Morgan fingerprint density at radius 1 is 1.35 bits per heavy atom. The lowest BCUT2D eigenvalue weighted by Gasteiger charge is -1.94. The van der Waals surface area contributed by atoms with Crippen LogP contribution in [-0.4, -0.2) is 36.7 Å². The van der Waals surface area contributed by atoms with E-state index in [1.54, 1.807) is 17.1 Å². The molecule has 0 saturated carbocycles. The van der Waals surface area contributed by atoms with Crippen LogP contribution in [0.3, 0.4) is 0 Å². The fourth-order valence-corrected chi connectivity index (χ4v) is 1.73. The molecule has 3 aromatic rings. The number of pyridine rings is 1. The summed E-state index contributed by atoms with van der Waals surface area (Å²) in [5, 5.41) is 11.8. The zero-order valence-electron chi connectivity index (χ0n) is 10.9. The zero-order chi connectivity index (χ0) is 13.9. The zero-order valence-corrected chi connectivity index (χ0v) is 10.9. The van der Waals surface area contributed by atoms with E-state index < -0.39 is 0 Å². The highest BCUT2D eigenvalue weighted by Gasteiger charge is 2.14. The van der Waals surface area contributed by atoms with E-state index in [0.717, 1.165) is 5.56 Å². The van der Waals surface area contributed by atoms with Gasteiger partial charge in [-0.05, 0) is 24.6 Å². The van der Waals surface area contributed by atoms with Gasteiger partial charge in [-0.15, -0.1) is 5.10 Å². The number of hydrogen-bond donors (Lipinski definition) is 1. The van der Waals surface area contributed by atoms with E-state index in [4.69, 9.17) is 10.3 Å². The molecular formula is C12H13N7O. The predicted molar refractivity (Wildman–Crippen MR) is 70.3 cm³/mol. The molecule has 3 heterocycles. The first-order valence-corrected chi connectivity index (χ1v) is 6.13. The first-order chi connectivity index (χ1) is 9.76. The van der Waals surface area contributed by atoms with Gasteiger partial charge >= 0.3 is 0 Å². The number of aromatic nitrogens is 6. The second-order valence-electron chi connectivity index (χ2n) is 4.30. The van der Waals surface area contributed by atoms with Crippen LogP contribution in [0.5, 0.6) is 0 Å². The summed E-state index contributed by atoms with van der Waals surface area (Å²) in [7, 11) is 0. The molecule has 0 aliphatic rings. The molecule has 0 unspecified atom stereocenters. The minimum atomic E-state index is 0.312. The Morgan fingerprint density at radius 2 is 2.25 bits per heavy atom. The van der Waals surface area contributed by atoms with Crippen LogP contribution in [-0.2, 0) is 6.54 Å². The van der Waals surface area contributed by atoms with Crippen molar-refractivity contribution in [2.75, 3.05) is 6.54 Å². The Balaban J connectivity index is 1.89. The molecule has 0 atom stereocenters. The van der Waals surface area contributed by atoms with Gasteiger partial charge < -0.3 is 10.3 Å². The molecule has 20 heavy (non-hydrogen) atoms. The van der Waals surface area contributed by atoms with Crippen LogP contribution in [0.1, 0.15) is 5.56 Å². The fourth-order valence-electron chi connectivity index (χ4n) is 1.73. The number of rotatable bonds is 4. The third kappa shape index (κ3) is 2.41. The van der Waals surface area contributed by atoms with Crippen molar-refractivity contribution >= 4 is 0 Å². The molecule has 2 N–H and O–H groups in total. The van der Waals surface area contributed by atoms with Crippen molar-refractivity contribution in [2.45, 2.75) is 13.5 Å². The molecule has 0 aliphatic heterocycles. The average Bonchev–Trinajstić information content (AvgIpc) is 3.07. The SMILES string of the molecule is Cc1ccnc(-c2noc(-c3cn(CCN)nn3)n2)c1. The van der Waals surface area contributed by atoms with E-state index in [2.05, 4.69) is 25.4 Å². The van der Waals surface area contributed by atoms with Gasteiger partial charge in [-0.1, -0.05) is 10.4 Å². The lowest BCUT2D eigenvalue weighted by molar-refractivity contribution is 0.430. The van der Waals surface area contributed by atoms with Gasteiger partial charge in [0.25, 0.3) is 5.89 Å². The summed E-state index contributed by atoms with van der Waals surface area (Å²) in [5.74, 6) is 0.739. The van der Waals surface area contributed by atoms with Crippen LogP contribution in [0.2, 0.25) is 0 Å². The minimum Gasteiger partial charge on any atom is -0.332 e. The van der Waals surface area contributed by atoms with Crippen molar-refractivity contribution < 1.29 is 4.52 Å². The van der Waals surface area contributed by atoms with Crippen molar-refractivity contribution in [2.24, 2.45) is 5.73 Å². The Labute approximate surface area is 114 Å². The van der Waals surface area contributed by atoms with E-state index in [0.29, 0.717) is 36.2 Å². The summed E-state index contributed by atoms with van der Waals surface area (Å²) in [6, 6.07) is 3.79.